The van der Waals surface area contributed by atoms with Gasteiger partial charge in [-0.1, -0.05) is 0 Å². The fourth-order valence-electron chi connectivity index (χ4n) is 1.18. The lowest BCUT2D eigenvalue weighted by Crippen LogP contribution is -1.96. The molecule has 8 heteroatoms. The molecule has 1 heterocycles. The van der Waals surface area contributed by atoms with E-state index in [4.69, 9.17) is 5.26 Å². The van der Waals surface area contributed by atoms with E-state index in [1.54, 1.807) is 6.07 Å². The molecule has 0 bridgehead atoms. The highest BCUT2D eigenvalue weighted by Crippen LogP contribution is 2.16. The Balaban J connectivity index is 2.24. The van der Waals surface area contributed by atoms with Crippen molar-refractivity contribution in [2.24, 2.45) is 0 Å². The number of aromatic amines is 1. The van der Waals surface area contributed by atoms with Crippen LogP contribution in [0.4, 0.5) is 14.5 Å². The van der Waals surface area contributed by atoms with Gasteiger partial charge in [-0.3, -0.25) is 0 Å². The first-order chi connectivity index (χ1) is 8.70. The first kappa shape index (κ1) is 11.7. The van der Waals surface area contributed by atoms with Crippen molar-refractivity contribution in [3.05, 3.63) is 41.9 Å². The minimum absolute atomic E-state index is 0.0346. The van der Waals surface area contributed by atoms with Crippen LogP contribution in [0, 0.1) is 23.0 Å². The predicted octanol–water partition coefficient (Wildman–Crippen LogP) is 1.45. The SMILES string of the molecule is N#CC(=CNc1cc(F)ccc1F)c1nn[nH]n1. The number of aromatic nitrogens is 4. The maximum atomic E-state index is 13.3. The molecule has 1 aromatic carbocycles. The van der Waals surface area contributed by atoms with Gasteiger partial charge in [0.2, 0.25) is 5.82 Å². The van der Waals surface area contributed by atoms with Crippen LogP contribution >= 0.6 is 0 Å². The molecule has 0 radical (unpaired) electrons. The van der Waals surface area contributed by atoms with Crippen molar-refractivity contribution in [2.75, 3.05) is 5.32 Å². The van der Waals surface area contributed by atoms with E-state index in [0.717, 1.165) is 18.2 Å². The first-order valence-electron chi connectivity index (χ1n) is 4.76. The van der Waals surface area contributed by atoms with Crippen molar-refractivity contribution < 1.29 is 8.78 Å². The van der Waals surface area contributed by atoms with Crippen LogP contribution in [0.3, 0.4) is 0 Å². The number of halogens is 2. The van der Waals surface area contributed by atoms with Crippen LogP contribution in [-0.4, -0.2) is 20.6 Å². The van der Waals surface area contributed by atoms with Gasteiger partial charge in [0.1, 0.15) is 23.3 Å². The summed E-state index contributed by atoms with van der Waals surface area (Å²) in [6.45, 7) is 0. The second-order valence-corrected chi connectivity index (χ2v) is 3.17. The average molecular weight is 248 g/mol. The van der Waals surface area contributed by atoms with Crippen LogP contribution in [-0.2, 0) is 0 Å². The normalized spacial score (nSPS) is 11.1. The monoisotopic (exact) mass is 248 g/mol. The molecule has 2 rings (SSSR count). The highest BCUT2D eigenvalue weighted by molar-refractivity contribution is 5.74. The zero-order valence-electron chi connectivity index (χ0n) is 8.85. The van der Waals surface area contributed by atoms with Crippen molar-refractivity contribution in [1.29, 1.82) is 5.26 Å². The number of nitrogens with one attached hydrogen (secondary N) is 2. The summed E-state index contributed by atoms with van der Waals surface area (Å²) in [5, 5.41) is 24.0. The topological polar surface area (TPSA) is 90.3 Å². The lowest BCUT2D eigenvalue weighted by molar-refractivity contribution is 0.603. The van der Waals surface area contributed by atoms with Gasteiger partial charge in [0.15, 0.2) is 0 Å². The highest BCUT2D eigenvalue weighted by atomic mass is 19.1. The van der Waals surface area contributed by atoms with Crippen molar-refractivity contribution in [3.63, 3.8) is 0 Å². The van der Waals surface area contributed by atoms with Gasteiger partial charge in [0.05, 0.1) is 5.69 Å². The molecule has 2 N–H and O–H groups in total. The number of nitriles is 1. The molecule has 0 spiro atoms. The summed E-state index contributed by atoms with van der Waals surface area (Å²) in [4.78, 5) is 0. The standard InChI is InChI=1S/C10H6F2N6/c11-7-1-2-8(12)9(3-7)14-5-6(4-13)10-15-17-18-16-10/h1-3,5,14H,(H,15,16,17,18). The lowest BCUT2D eigenvalue weighted by atomic mass is 10.2. The minimum Gasteiger partial charge on any atom is -0.358 e. The quantitative estimate of drug-likeness (QED) is 0.802. The summed E-state index contributed by atoms with van der Waals surface area (Å²) in [6, 6.07) is 4.75. The number of anilines is 1. The van der Waals surface area contributed by atoms with E-state index in [0.29, 0.717) is 0 Å². The van der Waals surface area contributed by atoms with Gasteiger partial charge in [-0.05, 0) is 17.3 Å². The Morgan fingerprint density at radius 2 is 2.28 bits per heavy atom. The van der Waals surface area contributed by atoms with E-state index in [9.17, 15) is 8.78 Å². The van der Waals surface area contributed by atoms with E-state index < -0.39 is 11.6 Å². The average Bonchev–Trinajstić information content (AvgIpc) is 2.88. The van der Waals surface area contributed by atoms with Crippen LogP contribution in [0.2, 0.25) is 0 Å². The molecule has 18 heavy (non-hydrogen) atoms. The minimum atomic E-state index is -0.641. The molecule has 0 aliphatic carbocycles. The third kappa shape index (κ3) is 2.46. The molecular weight excluding hydrogens is 242 g/mol. The van der Waals surface area contributed by atoms with Gasteiger partial charge in [-0.15, -0.1) is 10.2 Å². The van der Waals surface area contributed by atoms with E-state index in [1.807, 2.05) is 0 Å². The molecule has 2 aromatic rings. The fraction of sp³-hybridized carbons (Fsp3) is 0. The molecule has 0 amide bonds. The maximum absolute atomic E-state index is 13.3. The summed E-state index contributed by atoms with van der Waals surface area (Å²) in [6.07, 6.45) is 1.17. The van der Waals surface area contributed by atoms with Crippen LogP contribution < -0.4 is 5.32 Å². The smallest absolute Gasteiger partial charge is 0.216 e. The summed E-state index contributed by atoms with van der Waals surface area (Å²) in [5.41, 5.74) is -0.0568. The van der Waals surface area contributed by atoms with Crippen LogP contribution in [0.25, 0.3) is 5.57 Å². The molecule has 0 fully saturated rings. The van der Waals surface area contributed by atoms with Crippen molar-refractivity contribution >= 4 is 11.3 Å². The first-order valence-corrected chi connectivity index (χ1v) is 4.76. The third-order valence-corrected chi connectivity index (χ3v) is 2.01. The summed E-state index contributed by atoms with van der Waals surface area (Å²) >= 11 is 0. The number of tetrazole rings is 1. The van der Waals surface area contributed by atoms with Crippen LogP contribution in [0.15, 0.2) is 24.4 Å². The van der Waals surface area contributed by atoms with E-state index >= 15 is 0 Å². The Morgan fingerprint density at radius 3 is 2.94 bits per heavy atom. The van der Waals surface area contributed by atoms with Gasteiger partial charge in [0, 0.05) is 12.3 Å². The molecule has 0 aliphatic rings. The maximum Gasteiger partial charge on any atom is 0.216 e. The lowest BCUT2D eigenvalue weighted by Gasteiger charge is -2.02. The fourth-order valence-corrected chi connectivity index (χ4v) is 1.18. The van der Waals surface area contributed by atoms with Gasteiger partial charge in [0.25, 0.3) is 0 Å². The number of rotatable bonds is 3. The Morgan fingerprint density at radius 1 is 1.44 bits per heavy atom. The zero-order chi connectivity index (χ0) is 13.0. The second kappa shape index (κ2) is 5.01. The van der Waals surface area contributed by atoms with Gasteiger partial charge in [-0.2, -0.15) is 10.5 Å². The van der Waals surface area contributed by atoms with Gasteiger partial charge in [-0.25, -0.2) is 8.78 Å². The summed E-state index contributed by atoms with van der Waals surface area (Å²) in [5.74, 6) is -1.18. The summed E-state index contributed by atoms with van der Waals surface area (Å²) < 4.78 is 26.2. The van der Waals surface area contributed by atoms with Gasteiger partial charge >= 0.3 is 0 Å². The Labute approximate surface area is 99.9 Å². The molecule has 0 atom stereocenters. The highest BCUT2D eigenvalue weighted by Gasteiger charge is 2.07. The predicted molar refractivity (Wildman–Crippen MR) is 57.7 cm³/mol. The van der Waals surface area contributed by atoms with Gasteiger partial charge < -0.3 is 5.32 Å². The van der Waals surface area contributed by atoms with Crippen molar-refractivity contribution in [1.82, 2.24) is 20.6 Å². The largest absolute Gasteiger partial charge is 0.358 e. The van der Waals surface area contributed by atoms with E-state index in [-0.39, 0.29) is 17.1 Å². The van der Waals surface area contributed by atoms with Crippen LogP contribution in [0.5, 0.6) is 0 Å². The molecular formula is C10H6F2N6. The Bertz CT molecular complexity index is 614. The second-order valence-electron chi connectivity index (χ2n) is 3.17. The zero-order valence-corrected chi connectivity index (χ0v) is 8.85. The number of benzene rings is 1. The molecule has 6 nitrogen and oxygen atoms in total. The molecule has 90 valence electrons. The Hall–Kier alpha value is -2.82. The molecule has 0 unspecified atom stereocenters. The number of hydrogen-bond acceptors (Lipinski definition) is 5. The Kier molecular flexibility index (Phi) is 3.24. The molecule has 0 aliphatic heterocycles. The number of allylic oxidation sites excluding steroid dienone is 1. The van der Waals surface area contributed by atoms with E-state index in [2.05, 4.69) is 25.9 Å². The molecule has 0 saturated carbocycles. The molecule has 1 aromatic heterocycles. The van der Waals surface area contributed by atoms with Crippen LogP contribution in [0.1, 0.15) is 5.82 Å². The summed E-state index contributed by atoms with van der Waals surface area (Å²) in [7, 11) is 0. The van der Waals surface area contributed by atoms with E-state index in [1.165, 1.54) is 6.20 Å². The third-order valence-electron chi connectivity index (χ3n) is 2.01. The number of H-pyrrole nitrogens is 1. The number of hydrogen-bond donors (Lipinski definition) is 2. The van der Waals surface area contributed by atoms with Crippen molar-refractivity contribution in [3.8, 4) is 6.07 Å². The number of nitrogens with zero attached hydrogens (tertiary/aromatic N) is 4. The molecule has 0 saturated heterocycles. The van der Waals surface area contributed by atoms with Crippen molar-refractivity contribution in [2.45, 2.75) is 0 Å².